The summed E-state index contributed by atoms with van der Waals surface area (Å²) in [6.07, 6.45) is 0. The molecule has 0 aliphatic heterocycles. The first-order chi connectivity index (χ1) is 8.90. The fraction of sp³-hybridized carbons (Fsp3) is 0.143. The van der Waals surface area contributed by atoms with Crippen LogP contribution in [0.5, 0.6) is 0 Å². The Bertz CT molecular complexity index is 711. The largest absolute Gasteiger partial charge is 0.279 e. The van der Waals surface area contributed by atoms with Gasteiger partial charge in [0.15, 0.2) is 0 Å². The highest BCUT2D eigenvalue weighted by Crippen LogP contribution is 2.22. The van der Waals surface area contributed by atoms with Gasteiger partial charge in [0, 0.05) is 3.57 Å². The standard InChI is InChI=1S/C14H14INO2S/c1-10-7-8-12(9-11(10)2)19(17,18)16-14-6-4-3-5-13(14)15/h3-9,16H,1-2H3. The number of hydrogen-bond acceptors (Lipinski definition) is 2. The summed E-state index contributed by atoms with van der Waals surface area (Å²) >= 11 is 2.10. The summed E-state index contributed by atoms with van der Waals surface area (Å²) in [6, 6.07) is 12.4. The van der Waals surface area contributed by atoms with Crippen molar-refractivity contribution in [2.24, 2.45) is 0 Å². The van der Waals surface area contributed by atoms with Crippen molar-refractivity contribution in [3.05, 3.63) is 57.2 Å². The molecule has 0 radical (unpaired) electrons. The van der Waals surface area contributed by atoms with Gasteiger partial charge in [0.05, 0.1) is 10.6 Å². The Morgan fingerprint density at radius 1 is 1.00 bits per heavy atom. The Morgan fingerprint density at radius 3 is 2.32 bits per heavy atom. The van der Waals surface area contributed by atoms with Crippen molar-refractivity contribution in [3.63, 3.8) is 0 Å². The van der Waals surface area contributed by atoms with Crippen LogP contribution < -0.4 is 4.72 Å². The molecular formula is C14H14INO2S. The molecule has 2 aromatic carbocycles. The highest BCUT2D eigenvalue weighted by Gasteiger charge is 2.15. The molecule has 0 aliphatic rings. The normalized spacial score (nSPS) is 11.3. The predicted octanol–water partition coefficient (Wildman–Crippen LogP) is 3.71. The second-order valence-corrected chi connectivity index (χ2v) is 7.18. The maximum atomic E-state index is 12.3. The van der Waals surface area contributed by atoms with E-state index in [1.807, 2.05) is 32.0 Å². The molecule has 0 saturated heterocycles. The number of halogens is 1. The highest BCUT2D eigenvalue weighted by molar-refractivity contribution is 14.1. The van der Waals surface area contributed by atoms with Crippen LogP contribution >= 0.6 is 22.6 Å². The molecule has 100 valence electrons. The third kappa shape index (κ3) is 3.27. The van der Waals surface area contributed by atoms with Crippen molar-refractivity contribution in [2.75, 3.05) is 4.72 Å². The van der Waals surface area contributed by atoms with Gasteiger partial charge < -0.3 is 0 Å². The first-order valence-electron chi connectivity index (χ1n) is 5.75. The molecule has 3 nitrogen and oxygen atoms in total. The zero-order valence-corrected chi connectivity index (χ0v) is 13.6. The van der Waals surface area contributed by atoms with Gasteiger partial charge in [-0.05, 0) is 71.8 Å². The van der Waals surface area contributed by atoms with E-state index in [1.165, 1.54) is 0 Å². The fourth-order valence-corrected chi connectivity index (χ4v) is 3.50. The number of para-hydroxylation sites is 1. The fourth-order valence-electron chi connectivity index (χ4n) is 1.63. The Balaban J connectivity index is 2.38. The first kappa shape index (κ1) is 14.3. The predicted molar refractivity (Wildman–Crippen MR) is 85.9 cm³/mol. The maximum Gasteiger partial charge on any atom is 0.261 e. The zero-order valence-electron chi connectivity index (χ0n) is 10.6. The van der Waals surface area contributed by atoms with Gasteiger partial charge in [-0.25, -0.2) is 8.42 Å². The summed E-state index contributed by atoms with van der Waals surface area (Å²) < 4.78 is 28.1. The molecular weight excluding hydrogens is 373 g/mol. The molecule has 19 heavy (non-hydrogen) atoms. The van der Waals surface area contributed by atoms with Gasteiger partial charge in [0.1, 0.15) is 0 Å². The van der Waals surface area contributed by atoms with Crippen molar-refractivity contribution in [1.82, 2.24) is 0 Å². The van der Waals surface area contributed by atoms with Crippen molar-refractivity contribution in [2.45, 2.75) is 18.7 Å². The zero-order chi connectivity index (χ0) is 14.0. The van der Waals surface area contributed by atoms with Gasteiger partial charge in [-0.15, -0.1) is 0 Å². The Morgan fingerprint density at radius 2 is 1.68 bits per heavy atom. The van der Waals surface area contributed by atoms with Gasteiger partial charge in [0.2, 0.25) is 0 Å². The number of aryl methyl sites for hydroxylation is 2. The van der Waals surface area contributed by atoms with Crippen LogP contribution in [-0.2, 0) is 10.0 Å². The lowest BCUT2D eigenvalue weighted by Gasteiger charge is -2.11. The minimum Gasteiger partial charge on any atom is -0.279 e. The molecule has 1 N–H and O–H groups in total. The van der Waals surface area contributed by atoms with Crippen LogP contribution in [0.3, 0.4) is 0 Å². The van der Waals surface area contributed by atoms with Crippen LogP contribution in [0.1, 0.15) is 11.1 Å². The molecule has 0 bridgehead atoms. The SMILES string of the molecule is Cc1ccc(S(=O)(=O)Nc2ccccc2I)cc1C. The number of sulfonamides is 1. The van der Waals surface area contributed by atoms with E-state index >= 15 is 0 Å². The van der Waals surface area contributed by atoms with Crippen molar-refractivity contribution >= 4 is 38.3 Å². The van der Waals surface area contributed by atoms with Crippen molar-refractivity contribution in [3.8, 4) is 0 Å². The molecule has 2 rings (SSSR count). The molecule has 2 aromatic rings. The lowest BCUT2D eigenvalue weighted by Crippen LogP contribution is -2.14. The second-order valence-electron chi connectivity index (χ2n) is 4.33. The smallest absolute Gasteiger partial charge is 0.261 e. The first-order valence-corrected chi connectivity index (χ1v) is 8.31. The van der Waals surface area contributed by atoms with E-state index in [-0.39, 0.29) is 4.90 Å². The summed E-state index contributed by atoms with van der Waals surface area (Å²) in [5.74, 6) is 0. The van der Waals surface area contributed by atoms with Gasteiger partial charge in [-0.3, -0.25) is 4.72 Å². The number of benzene rings is 2. The van der Waals surface area contributed by atoms with Gasteiger partial charge in [-0.2, -0.15) is 0 Å². The third-order valence-corrected chi connectivity index (χ3v) is 5.21. The molecule has 0 aliphatic carbocycles. The van der Waals surface area contributed by atoms with E-state index in [0.717, 1.165) is 14.7 Å². The van der Waals surface area contributed by atoms with Crippen molar-refractivity contribution in [1.29, 1.82) is 0 Å². The van der Waals surface area contributed by atoms with Crippen LogP contribution in [0.4, 0.5) is 5.69 Å². The molecule has 0 unspecified atom stereocenters. The summed E-state index contributed by atoms with van der Waals surface area (Å²) in [5.41, 5.74) is 2.64. The maximum absolute atomic E-state index is 12.3. The molecule has 0 saturated carbocycles. The monoisotopic (exact) mass is 387 g/mol. The van der Waals surface area contributed by atoms with Crippen LogP contribution in [-0.4, -0.2) is 8.42 Å². The molecule has 0 fully saturated rings. The molecule has 0 atom stereocenters. The minimum absolute atomic E-state index is 0.287. The van der Waals surface area contributed by atoms with Gasteiger partial charge in [0.25, 0.3) is 10.0 Å². The average Bonchev–Trinajstić information content (AvgIpc) is 2.35. The van der Waals surface area contributed by atoms with Gasteiger partial charge >= 0.3 is 0 Å². The van der Waals surface area contributed by atoms with Crippen LogP contribution in [0.2, 0.25) is 0 Å². The van der Waals surface area contributed by atoms with E-state index in [2.05, 4.69) is 27.3 Å². The van der Waals surface area contributed by atoms with Crippen LogP contribution in [0.15, 0.2) is 47.4 Å². The molecule has 0 aromatic heterocycles. The lowest BCUT2D eigenvalue weighted by atomic mass is 10.1. The number of hydrogen-bond donors (Lipinski definition) is 1. The quantitative estimate of drug-likeness (QED) is 0.817. The van der Waals surface area contributed by atoms with Crippen LogP contribution in [0.25, 0.3) is 0 Å². The third-order valence-electron chi connectivity index (χ3n) is 2.91. The second kappa shape index (κ2) is 5.50. The molecule has 5 heteroatoms. The van der Waals surface area contributed by atoms with E-state index < -0.39 is 10.0 Å². The molecule has 0 amide bonds. The number of rotatable bonds is 3. The van der Waals surface area contributed by atoms with E-state index in [9.17, 15) is 8.42 Å². The van der Waals surface area contributed by atoms with Crippen molar-refractivity contribution < 1.29 is 8.42 Å². The lowest BCUT2D eigenvalue weighted by molar-refractivity contribution is 0.601. The van der Waals surface area contributed by atoms with E-state index in [4.69, 9.17) is 0 Å². The number of nitrogens with one attached hydrogen (secondary N) is 1. The Labute approximate surface area is 127 Å². The summed E-state index contributed by atoms with van der Waals surface area (Å²) in [5, 5.41) is 0. The topological polar surface area (TPSA) is 46.2 Å². The summed E-state index contributed by atoms with van der Waals surface area (Å²) in [6.45, 7) is 3.86. The Hall–Kier alpha value is -1.08. The highest BCUT2D eigenvalue weighted by atomic mass is 127. The Kier molecular flexibility index (Phi) is 4.15. The summed E-state index contributed by atoms with van der Waals surface area (Å²) in [4.78, 5) is 0.287. The molecule has 0 heterocycles. The molecule has 0 spiro atoms. The van der Waals surface area contributed by atoms with E-state index in [1.54, 1.807) is 24.3 Å². The summed E-state index contributed by atoms with van der Waals surface area (Å²) in [7, 11) is -3.53. The minimum atomic E-state index is -3.53. The van der Waals surface area contributed by atoms with Gasteiger partial charge in [-0.1, -0.05) is 18.2 Å². The number of anilines is 1. The van der Waals surface area contributed by atoms with Crippen LogP contribution in [0, 0.1) is 17.4 Å². The average molecular weight is 387 g/mol. The van der Waals surface area contributed by atoms with E-state index in [0.29, 0.717) is 5.69 Å².